The Balaban J connectivity index is 1.12. The summed E-state index contributed by atoms with van der Waals surface area (Å²) in [6, 6.07) is 103. The molecule has 11 aromatic rings. The van der Waals surface area contributed by atoms with Crippen molar-refractivity contribution in [2.75, 3.05) is 0 Å². The van der Waals surface area contributed by atoms with Gasteiger partial charge < -0.3 is 0 Å². The topological polar surface area (TPSA) is 38.7 Å². The summed E-state index contributed by atoms with van der Waals surface area (Å²) in [5, 5.41) is 10.5. The van der Waals surface area contributed by atoms with Crippen LogP contribution in [0, 0.1) is 0 Å². The molecule has 0 saturated heterocycles. The second kappa shape index (κ2) is 21.0. The van der Waals surface area contributed by atoms with Gasteiger partial charge in [-0.15, -0.1) is 0 Å². The predicted octanol–water partition coefficient (Wildman–Crippen LogP) is 11.3. The van der Waals surface area contributed by atoms with Gasteiger partial charge >= 0.3 is 0 Å². The van der Waals surface area contributed by atoms with Crippen LogP contribution < -0.4 is 41.5 Å². The standard InChI is InChI=1S/C69H57N3Si2/c1-9-27-52(28-10-1)54-47-48-65(53-29-11-2-12-30-53)66(51-54)69-71-67(55-31-25-45-63(49-55)73(57-33-13-3-14-34-57,58-35-15-4-16-36-58)59-37-17-5-18-38-59)70-68(72-69)56-32-26-46-64(50-56)74(60-39-19-6-20-40-60,61-41-21-7-22-42-61)62-43-23-8-24-44-62/h1,3-10,13-28,31-51,53H,2,11-12,29-30H2. The molecule has 0 spiro atoms. The third-order valence-corrected chi connectivity index (χ3v) is 25.0. The first-order valence-corrected chi connectivity index (χ1v) is 30.2. The van der Waals surface area contributed by atoms with Crippen molar-refractivity contribution in [1.82, 2.24) is 15.0 Å². The first-order chi connectivity index (χ1) is 36.7. The Labute approximate surface area is 438 Å². The van der Waals surface area contributed by atoms with Gasteiger partial charge in [-0.2, -0.15) is 0 Å². The lowest BCUT2D eigenvalue weighted by Gasteiger charge is -2.34. The van der Waals surface area contributed by atoms with E-state index in [1.54, 1.807) is 0 Å². The van der Waals surface area contributed by atoms with E-state index in [0.29, 0.717) is 23.4 Å². The molecule has 12 rings (SSSR count). The van der Waals surface area contributed by atoms with Gasteiger partial charge in [0.25, 0.3) is 0 Å². The average Bonchev–Trinajstić information content (AvgIpc) is 3.50. The summed E-state index contributed by atoms with van der Waals surface area (Å²) in [7, 11) is -5.78. The van der Waals surface area contributed by atoms with Crippen LogP contribution in [0.4, 0.5) is 0 Å². The highest BCUT2D eigenvalue weighted by Crippen LogP contribution is 2.40. The molecule has 0 radical (unpaired) electrons. The van der Waals surface area contributed by atoms with E-state index in [1.807, 2.05) is 0 Å². The summed E-state index contributed by atoms with van der Waals surface area (Å²) in [6.45, 7) is 0. The number of benzene rings is 10. The van der Waals surface area contributed by atoms with Gasteiger partial charge in [0.15, 0.2) is 33.6 Å². The number of aromatic nitrogens is 3. The van der Waals surface area contributed by atoms with E-state index in [-0.39, 0.29) is 0 Å². The highest BCUT2D eigenvalue weighted by atomic mass is 28.3. The molecule has 1 aliphatic rings. The molecule has 0 N–H and O–H groups in total. The van der Waals surface area contributed by atoms with Crippen molar-refractivity contribution in [1.29, 1.82) is 0 Å². The lowest BCUT2D eigenvalue weighted by atomic mass is 9.81. The van der Waals surface area contributed by atoms with Crippen LogP contribution in [0.1, 0.15) is 43.6 Å². The third kappa shape index (κ3) is 8.78. The predicted molar refractivity (Wildman–Crippen MR) is 315 cm³/mol. The molecular weight excluding hydrogens is 927 g/mol. The van der Waals surface area contributed by atoms with Crippen LogP contribution in [0.15, 0.2) is 279 Å². The number of hydrogen-bond donors (Lipinski definition) is 0. The van der Waals surface area contributed by atoms with E-state index in [1.165, 1.54) is 71.9 Å². The Kier molecular flexibility index (Phi) is 13.3. The van der Waals surface area contributed by atoms with E-state index < -0.39 is 16.1 Å². The van der Waals surface area contributed by atoms with Crippen molar-refractivity contribution < 1.29 is 0 Å². The van der Waals surface area contributed by atoms with Crippen LogP contribution in [0.25, 0.3) is 45.3 Å². The molecule has 1 aliphatic carbocycles. The van der Waals surface area contributed by atoms with Gasteiger partial charge in [-0.3, -0.25) is 0 Å². The summed E-state index contributed by atoms with van der Waals surface area (Å²) < 4.78 is 0. The van der Waals surface area contributed by atoms with Gasteiger partial charge in [-0.1, -0.05) is 292 Å². The first-order valence-electron chi connectivity index (χ1n) is 26.2. The zero-order valence-corrected chi connectivity index (χ0v) is 43.5. The maximum atomic E-state index is 5.65. The minimum Gasteiger partial charge on any atom is -0.208 e. The molecular formula is C69H57N3Si2. The molecule has 5 heteroatoms. The molecule has 0 aliphatic heterocycles. The highest BCUT2D eigenvalue weighted by Gasteiger charge is 2.43. The molecule has 0 unspecified atom stereocenters. The minimum absolute atomic E-state index is 0.419. The second-order valence-electron chi connectivity index (χ2n) is 19.7. The van der Waals surface area contributed by atoms with Crippen molar-refractivity contribution in [2.24, 2.45) is 0 Å². The number of hydrogen-bond acceptors (Lipinski definition) is 3. The van der Waals surface area contributed by atoms with Gasteiger partial charge in [0.1, 0.15) is 0 Å². The monoisotopic (exact) mass is 983 g/mol. The molecule has 0 bridgehead atoms. The fourth-order valence-corrected chi connectivity index (χ4v) is 21.6. The molecule has 0 amide bonds. The molecule has 1 heterocycles. The quantitative estimate of drug-likeness (QED) is 0.0853. The number of nitrogens with zero attached hydrogens (tertiary/aromatic N) is 3. The summed E-state index contributed by atoms with van der Waals surface area (Å²) >= 11 is 0. The molecule has 10 aromatic carbocycles. The Morgan fingerprint density at radius 3 is 0.959 bits per heavy atom. The van der Waals surface area contributed by atoms with Crippen molar-refractivity contribution in [3.8, 4) is 45.3 Å². The third-order valence-electron chi connectivity index (χ3n) is 15.4. The summed E-state index contributed by atoms with van der Waals surface area (Å²) in [5.74, 6) is 2.44. The molecule has 356 valence electrons. The maximum Gasteiger partial charge on any atom is 0.179 e. The fourth-order valence-electron chi connectivity index (χ4n) is 12.0. The van der Waals surface area contributed by atoms with Crippen LogP contribution in [0.3, 0.4) is 0 Å². The number of rotatable bonds is 13. The van der Waals surface area contributed by atoms with E-state index in [2.05, 4.69) is 279 Å². The minimum atomic E-state index is -2.89. The van der Waals surface area contributed by atoms with Crippen molar-refractivity contribution in [3.05, 3.63) is 285 Å². The largest absolute Gasteiger partial charge is 0.208 e. The van der Waals surface area contributed by atoms with Gasteiger partial charge in [0.2, 0.25) is 0 Å². The molecule has 3 nitrogen and oxygen atoms in total. The van der Waals surface area contributed by atoms with E-state index >= 15 is 0 Å². The average molecular weight is 984 g/mol. The van der Waals surface area contributed by atoms with Gasteiger partial charge in [-0.05, 0) is 83.0 Å². The SMILES string of the molecule is c1ccc(-c2ccc(C3CCCCC3)c(-c3nc(-c4cccc([Si](c5ccccc5)(c5ccccc5)c5ccccc5)c4)nc(-c4cccc([Si](c5ccccc5)(c5ccccc5)c5ccccc5)c4)n3)c2)cc1. The van der Waals surface area contributed by atoms with Crippen molar-refractivity contribution in [2.45, 2.75) is 38.0 Å². The zero-order chi connectivity index (χ0) is 49.6. The molecule has 1 fully saturated rings. The summed E-state index contributed by atoms with van der Waals surface area (Å²) in [4.78, 5) is 16.9. The Hall–Kier alpha value is -8.36. The normalized spacial score (nSPS) is 13.1. The Morgan fingerprint density at radius 1 is 0.257 bits per heavy atom. The zero-order valence-electron chi connectivity index (χ0n) is 41.5. The molecule has 1 saturated carbocycles. The van der Waals surface area contributed by atoms with E-state index in [0.717, 1.165) is 35.1 Å². The fraction of sp³-hybridized carbons (Fsp3) is 0.0870. The van der Waals surface area contributed by atoms with Gasteiger partial charge in [-0.25, -0.2) is 15.0 Å². The summed E-state index contributed by atoms with van der Waals surface area (Å²) in [6.07, 6.45) is 6.04. The molecule has 0 atom stereocenters. The van der Waals surface area contributed by atoms with Crippen molar-refractivity contribution >= 4 is 57.6 Å². The molecule has 74 heavy (non-hydrogen) atoms. The lowest BCUT2D eigenvalue weighted by molar-refractivity contribution is 0.444. The van der Waals surface area contributed by atoms with Crippen LogP contribution in [0.5, 0.6) is 0 Å². The van der Waals surface area contributed by atoms with Crippen LogP contribution >= 0.6 is 0 Å². The van der Waals surface area contributed by atoms with E-state index in [4.69, 9.17) is 15.0 Å². The van der Waals surface area contributed by atoms with E-state index in [9.17, 15) is 0 Å². The smallest absolute Gasteiger partial charge is 0.179 e. The van der Waals surface area contributed by atoms with Gasteiger partial charge in [0, 0.05) is 16.7 Å². The van der Waals surface area contributed by atoms with Crippen LogP contribution in [0.2, 0.25) is 0 Å². The molecule has 1 aromatic heterocycles. The van der Waals surface area contributed by atoms with Crippen LogP contribution in [-0.4, -0.2) is 31.1 Å². The highest BCUT2D eigenvalue weighted by molar-refractivity contribution is 7.20. The Morgan fingerprint density at radius 2 is 0.581 bits per heavy atom. The lowest BCUT2D eigenvalue weighted by Crippen LogP contribution is -2.74. The second-order valence-corrected chi connectivity index (χ2v) is 27.3. The first kappa shape index (κ1) is 46.7. The van der Waals surface area contributed by atoms with Crippen LogP contribution in [-0.2, 0) is 0 Å². The Bertz CT molecular complexity index is 3250. The summed E-state index contributed by atoms with van der Waals surface area (Å²) in [5.41, 5.74) is 6.65. The van der Waals surface area contributed by atoms with Gasteiger partial charge in [0.05, 0.1) is 0 Å². The maximum absolute atomic E-state index is 5.65. The van der Waals surface area contributed by atoms with Crippen molar-refractivity contribution in [3.63, 3.8) is 0 Å².